The van der Waals surface area contributed by atoms with Gasteiger partial charge in [0.25, 0.3) is 0 Å². The minimum Gasteiger partial charge on any atom is -0.296 e. The van der Waals surface area contributed by atoms with Crippen molar-refractivity contribution < 1.29 is 8.91 Å². The minimum atomic E-state index is -0.482. The van der Waals surface area contributed by atoms with Gasteiger partial charge in [0.1, 0.15) is 5.82 Å². The van der Waals surface area contributed by atoms with Crippen molar-refractivity contribution >= 4 is 11.6 Å². The van der Waals surface area contributed by atoms with Crippen molar-refractivity contribution in [2.75, 3.05) is 0 Å². The van der Waals surface area contributed by atoms with E-state index in [4.69, 9.17) is 16.1 Å². The fraction of sp³-hybridized carbons (Fsp3) is 0.529. The molecular formula is C17H20ClFN2O2. The van der Waals surface area contributed by atoms with Crippen LogP contribution >= 0.6 is 11.6 Å². The van der Waals surface area contributed by atoms with E-state index < -0.39 is 17.5 Å². The van der Waals surface area contributed by atoms with Crippen molar-refractivity contribution in [2.24, 2.45) is 5.92 Å². The summed E-state index contributed by atoms with van der Waals surface area (Å²) in [4.78, 5) is 12.0. The topological polar surface area (TPSA) is 48.0 Å². The Balaban J connectivity index is 1.92. The van der Waals surface area contributed by atoms with Crippen LogP contribution in [0.25, 0.3) is 0 Å². The summed E-state index contributed by atoms with van der Waals surface area (Å²) in [6.45, 7) is 2.37. The van der Waals surface area contributed by atoms with Crippen LogP contribution < -0.4 is 5.76 Å². The van der Waals surface area contributed by atoms with Crippen LogP contribution in [0.1, 0.15) is 56.3 Å². The highest BCUT2D eigenvalue weighted by Gasteiger charge is 2.25. The van der Waals surface area contributed by atoms with Gasteiger partial charge < -0.3 is 0 Å². The molecule has 1 fully saturated rings. The molecule has 1 aliphatic rings. The second-order valence-corrected chi connectivity index (χ2v) is 6.69. The van der Waals surface area contributed by atoms with Crippen LogP contribution in [0.15, 0.2) is 27.5 Å². The van der Waals surface area contributed by atoms with Crippen LogP contribution in [0.3, 0.4) is 0 Å². The Morgan fingerprint density at radius 3 is 2.83 bits per heavy atom. The second kappa shape index (κ2) is 6.87. The SMILES string of the molecule is CC(c1c(F)cccc1Cl)c1noc(=O)n1CC1CCCCC1. The Labute approximate surface area is 139 Å². The fourth-order valence-corrected chi connectivity index (χ4v) is 3.77. The quantitative estimate of drug-likeness (QED) is 0.832. The van der Waals surface area contributed by atoms with E-state index in [-0.39, 0.29) is 0 Å². The molecule has 3 rings (SSSR count). The number of aromatic nitrogens is 2. The van der Waals surface area contributed by atoms with Crippen LogP contribution in [0.4, 0.5) is 4.39 Å². The lowest BCUT2D eigenvalue weighted by atomic mass is 9.89. The van der Waals surface area contributed by atoms with E-state index in [1.54, 1.807) is 23.6 Å². The molecule has 6 heteroatoms. The molecule has 0 amide bonds. The van der Waals surface area contributed by atoms with E-state index in [1.807, 2.05) is 0 Å². The van der Waals surface area contributed by atoms with Crippen molar-refractivity contribution in [3.63, 3.8) is 0 Å². The first kappa shape index (κ1) is 16.2. The van der Waals surface area contributed by atoms with Crippen LogP contribution in [0.5, 0.6) is 0 Å². The summed E-state index contributed by atoms with van der Waals surface area (Å²) >= 11 is 6.14. The molecule has 4 nitrogen and oxygen atoms in total. The van der Waals surface area contributed by atoms with Gasteiger partial charge in [-0.2, -0.15) is 0 Å². The average molecular weight is 339 g/mol. The van der Waals surface area contributed by atoms with E-state index in [0.717, 1.165) is 12.8 Å². The first-order valence-corrected chi connectivity index (χ1v) is 8.46. The Morgan fingerprint density at radius 1 is 1.39 bits per heavy atom. The third-order valence-corrected chi connectivity index (χ3v) is 5.03. The zero-order valence-electron chi connectivity index (χ0n) is 13.1. The third kappa shape index (κ3) is 3.34. The molecule has 1 aromatic carbocycles. The molecule has 0 N–H and O–H groups in total. The number of rotatable bonds is 4. The van der Waals surface area contributed by atoms with E-state index in [9.17, 15) is 9.18 Å². The zero-order valence-corrected chi connectivity index (χ0v) is 13.9. The van der Waals surface area contributed by atoms with Gasteiger partial charge in [0.05, 0.1) is 0 Å². The summed E-state index contributed by atoms with van der Waals surface area (Å²) in [7, 11) is 0. The molecule has 124 valence electrons. The normalized spacial score (nSPS) is 17.3. The smallest absolute Gasteiger partial charge is 0.296 e. The van der Waals surface area contributed by atoms with Crippen molar-refractivity contribution in [2.45, 2.75) is 51.5 Å². The lowest BCUT2D eigenvalue weighted by Crippen LogP contribution is -2.24. The molecule has 0 radical (unpaired) electrons. The van der Waals surface area contributed by atoms with Crippen LogP contribution in [-0.2, 0) is 6.54 Å². The molecule has 1 atom stereocenters. The molecule has 0 spiro atoms. The molecular weight excluding hydrogens is 319 g/mol. The maximum atomic E-state index is 14.2. The summed E-state index contributed by atoms with van der Waals surface area (Å²) in [6, 6.07) is 4.56. The zero-order chi connectivity index (χ0) is 16.4. The van der Waals surface area contributed by atoms with E-state index >= 15 is 0 Å². The number of nitrogens with zero attached hydrogens (tertiary/aromatic N) is 2. The molecule has 1 aliphatic carbocycles. The lowest BCUT2D eigenvalue weighted by molar-refractivity contribution is 0.303. The van der Waals surface area contributed by atoms with E-state index in [0.29, 0.717) is 28.9 Å². The van der Waals surface area contributed by atoms with Crippen molar-refractivity contribution in [3.05, 3.63) is 51.0 Å². The van der Waals surface area contributed by atoms with Crippen LogP contribution in [0.2, 0.25) is 5.02 Å². The van der Waals surface area contributed by atoms with Gasteiger partial charge in [-0.15, -0.1) is 0 Å². The Morgan fingerprint density at radius 2 is 2.13 bits per heavy atom. The predicted molar refractivity (Wildman–Crippen MR) is 86.3 cm³/mol. The molecule has 1 heterocycles. The fourth-order valence-electron chi connectivity index (χ4n) is 3.44. The van der Waals surface area contributed by atoms with Crippen molar-refractivity contribution in [3.8, 4) is 0 Å². The van der Waals surface area contributed by atoms with Gasteiger partial charge >= 0.3 is 5.76 Å². The third-order valence-electron chi connectivity index (χ3n) is 4.70. The Hall–Kier alpha value is -1.62. The monoisotopic (exact) mass is 338 g/mol. The predicted octanol–water partition coefficient (Wildman–Crippen LogP) is 4.36. The molecule has 1 aromatic heterocycles. The molecule has 0 aliphatic heterocycles. The molecule has 0 bridgehead atoms. The molecule has 1 unspecified atom stereocenters. The standard InChI is InChI=1S/C17H20ClFN2O2/c1-11(15-13(18)8-5-9-14(15)19)16-20-23-17(22)21(16)10-12-6-3-2-4-7-12/h5,8-9,11-12H,2-4,6-7,10H2,1H3. The maximum Gasteiger partial charge on any atom is 0.441 e. The highest BCUT2D eigenvalue weighted by Crippen LogP contribution is 2.32. The van der Waals surface area contributed by atoms with Gasteiger partial charge in [-0.25, -0.2) is 9.18 Å². The first-order chi connectivity index (χ1) is 11.1. The molecule has 1 saturated carbocycles. The van der Waals surface area contributed by atoms with Gasteiger partial charge in [0, 0.05) is 23.0 Å². The number of hydrogen-bond acceptors (Lipinski definition) is 3. The van der Waals surface area contributed by atoms with Gasteiger partial charge in [-0.3, -0.25) is 9.09 Å². The number of hydrogen-bond donors (Lipinski definition) is 0. The minimum absolute atomic E-state index is 0.331. The van der Waals surface area contributed by atoms with E-state index in [1.165, 1.54) is 25.3 Å². The molecule has 0 saturated heterocycles. The van der Waals surface area contributed by atoms with E-state index in [2.05, 4.69) is 5.16 Å². The van der Waals surface area contributed by atoms with Gasteiger partial charge in [-0.05, 0) is 30.9 Å². The number of benzene rings is 1. The summed E-state index contributed by atoms with van der Waals surface area (Å²) in [5.74, 6) is -0.441. The molecule has 2 aromatic rings. The average Bonchev–Trinajstić information content (AvgIpc) is 2.89. The van der Waals surface area contributed by atoms with Gasteiger partial charge in [-0.1, -0.05) is 49.0 Å². The lowest BCUT2D eigenvalue weighted by Gasteiger charge is -2.22. The van der Waals surface area contributed by atoms with Crippen LogP contribution in [0, 0.1) is 11.7 Å². The highest BCUT2D eigenvalue weighted by atomic mass is 35.5. The maximum absolute atomic E-state index is 14.2. The summed E-state index contributed by atoms with van der Waals surface area (Å²) in [6.07, 6.45) is 5.84. The highest BCUT2D eigenvalue weighted by molar-refractivity contribution is 6.31. The first-order valence-electron chi connectivity index (χ1n) is 8.08. The number of halogens is 2. The largest absolute Gasteiger partial charge is 0.441 e. The van der Waals surface area contributed by atoms with Crippen molar-refractivity contribution in [1.82, 2.24) is 9.72 Å². The summed E-state index contributed by atoms with van der Waals surface area (Å²) < 4.78 is 20.5. The summed E-state index contributed by atoms with van der Waals surface area (Å²) in [5.41, 5.74) is 0.347. The Kier molecular flexibility index (Phi) is 4.85. The van der Waals surface area contributed by atoms with Crippen molar-refractivity contribution in [1.29, 1.82) is 0 Å². The van der Waals surface area contributed by atoms with Crippen LogP contribution in [-0.4, -0.2) is 9.72 Å². The summed E-state index contributed by atoms with van der Waals surface area (Å²) in [5, 5.41) is 4.22. The molecule has 23 heavy (non-hydrogen) atoms. The van der Waals surface area contributed by atoms with Gasteiger partial charge in [0.15, 0.2) is 5.82 Å². The second-order valence-electron chi connectivity index (χ2n) is 6.28. The Bertz CT molecular complexity index is 714. The van der Waals surface area contributed by atoms with Gasteiger partial charge in [0.2, 0.25) is 0 Å².